The highest BCUT2D eigenvalue weighted by atomic mass is 35.5. The fourth-order valence-corrected chi connectivity index (χ4v) is 4.53. The predicted molar refractivity (Wildman–Crippen MR) is 138 cm³/mol. The van der Waals surface area contributed by atoms with Gasteiger partial charge in [0.05, 0.1) is 22.1 Å². The second-order valence-corrected chi connectivity index (χ2v) is 9.64. The number of aromatic nitrogens is 2. The van der Waals surface area contributed by atoms with Crippen molar-refractivity contribution >= 4 is 39.9 Å². The summed E-state index contributed by atoms with van der Waals surface area (Å²) in [6.07, 6.45) is 1.07. The van der Waals surface area contributed by atoms with Gasteiger partial charge in [-0.05, 0) is 50.8 Å². The zero-order valence-corrected chi connectivity index (χ0v) is 20.9. The van der Waals surface area contributed by atoms with Gasteiger partial charge >= 0.3 is 0 Å². The Bertz CT molecular complexity index is 1070. The van der Waals surface area contributed by atoms with Gasteiger partial charge in [-0.25, -0.2) is 9.97 Å². The van der Waals surface area contributed by atoms with Crippen molar-refractivity contribution in [1.82, 2.24) is 24.7 Å². The van der Waals surface area contributed by atoms with Crippen LogP contribution in [0.1, 0.15) is 17.8 Å². The minimum absolute atomic E-state index is 0.618. The lowest BCUT2D eigenvalue weighted by molar-refractivity contribution is 0.120. The molecule has 33 heavy (non-hydrogen) atoms. The van der Waals surface area contributed by atoms with Crippen LogP contribution in [0.3, 0.4) is 0 Å². The van der Waals surface area contributed by atoms with Gasteiger partial charge in [0.15, 0.2) is 0 Å². The lowest BCUT2D eigenvalue weighted by atomic mass is 10.2. The van der Waals surface area contributed by atoms with Crippen molar-refractivity contribution in [1.29, 1.82) is 0 Å². The number of nitrogens with zero attached hydrogens (tertiary/aromatic N) is 5. The van der Waals surface area contributed by atoms with Crippen molar-refractivity contribution in [2.45, 2.75) is 19.5 Å². The van der Waals surface area contributed by atoms with Gasteiger partial charge in [0.25, 0.3) is 0 Å². The van der Waals surface area contributed by atoms with Crippen LogP contribution in [-0.4, -0.2) is 78.0 Å². The van der Waals surface area contributed by atoms with Crippen molar-refractivity contribution < 1.29 is 0 Å². The zero-order valence-electron chi connectivity index (χ0n) is 19.4. The van der Waals surface area contributed by atoms with Crippen LogP contribution in [0.5, 0.6) is 0 Å². The van der Waals surface area contributed by atoms with Gasteiger partial charge in [-0.3, -0.25) is 9.80 Å². The monoisotopic (exact) mass is 486 g/mol. The number of hydrogen-bond donors (Lipinski definition) is 1. The molecule has 6 nitrogen and oxygen atoms in total. The molecule has 4 rings (SSSR count). The fourth-order valence-electron chi connectivity index (χ4n) is 4.15. The number of nitrogens with one attached hydrogen (secondary N) is 1. The van der Waals surface area contributed by atoms with E-state index in [0.717, 1.165) is 86.9 Å². The van der Waals surface area contributed by atoms with E-state index in [-0.39, 0.29) is 0 Å². The first-order chi connectivity index (χ1) is 16.0. The number of halogens is 2. The molecule has 2 heterocycles. The number of benzene rings is 2. The maximum atomic E-state index is 6.38. The van der Waals surface area contributed by atoms with E-state index in [9.17, 15) is 0 Å². The highest BCUT2D eigenvalue weighted by Crippen LogP contribution is 2.27. The molecular formula is C25H32Cl2N6. The Morgan fingerprint density at radius 2 is 1.64 bits per heavy atom. The smallest absolute Gasteiger partial charge is 0.145 e. The Balaban J connectivity index is 1.37. The van der Waals surface area contributed by atoms with E-state index < -0.39 is 0 Å². The van der Waals surface area contributed by atoms with Crippen LogP contribution in [0.2, 0.25) is 10.0 Å². The summed E-state index contributed by atoms with van der Waals surface area (Å²) in [4.78, 5) is 16.8. The summed E-state index contributed by atoms with van der Waals surface area (Å²) in [6.45, 7) is 7.42. The molecule has 1 saturated heterocycles. The quantitative estimate of drug-likeness (QED) is 0.445. The van der Waals surface area contributed by atoms with Crippen LogP contribution in [0.4, 0.5) is 5.82 Å². The number of piperazine rings is 1. The van der Waals surface area contributed by atoms with E-state index in [1.54, 1.807) is 0 Å². The zero-order chi connectivity index (χ0) is 23.2. The van der Waals surface area contributed by atoms with E-state index >= 15 is 0 Å². The van der Waals surface area contributed by atoms with E-state index in [2.05, 4.69) is 52.3 Å². The third-order valence-electron chi connectivity index (χ3n) is 5.98. The van der Waals surface area contributed by atoms with Crippen LogP contribution >= 0.6 is 23.2 Å². The molecule has 0 amide bonds. The van der Waals surface area contributed by atoms with Gasteiger partial charge < -0.3 is 10.2 Å². The van der Waals surface area contributed by atoms with E-state index in [4.69, 9.17) is 33.2 Å². The summed E-state index contributed by atoms with van der Waals surface area (Å²) in [5.74, 6) is 1.80. The second kappa shape index (κ2) is 11.4. The first-order valence-corrected chi connectivity index (χ1v) is 12.3. The van der Waals surface area contributed by atoms with Crippen LogP contribution < -0.4 is 5.32 Å². The van der Waals surface area contributed by atoms with Crippen molar-refractivity contribution in [3.8, 4) is 0 Å². The summed E-state index contributed by atoms with van der Waals surface area (Å²) in [6, 6.07) is 14.1. The van der Waals surface area contributed by atoms with Gasteiger partial charge in [0, 0.05) is 44.7 Å². The van der Waals surface area contributed by atoms with Crippen molar-refractivity contribution in [2.75, 3.05) is 58.7 Å². The van der Waals surface area contributed by atoms with Gasteiger partial charge in [-0.1, -0.05) is 47.5 Å². The highest BCUT2D eigenvalue weighted by molar-refractivity contribution is 6.42. The molecular weight excluding hydrogens is 455 g/mol. The van der Waals surface area contributed by atoms with E-state index in [1.807, 2.05) is 24.3 Å². The normalized spacial score (nSPS) is 15.4. The predicted octanol–water partition coefficient (Wildman–Crippen LogP) is 4.62. The largest absolute Gasteiger partial charge is 0.369 e. The summed E-state index contributed by atoms with van der Waals surface area (Å²) >= 11 is 12.6. The Labute approximate surface area is 206 Å². The summed E-state index contributed by atoms with van der Waals surface area (Å²) < 4.78 is 0. The highest BCUT2D eigenvalue weighted by Gasteiger charge is 2.20. The number of hydrogen-bond acceptors (Lipinski definition) is 6. The maximum absolute atomic E-state index is 6.38. The molecule has 2 aromatic carbocycles. The van der Waals surface area contributed by atoms with Gasteiger partial charge in [-0.15, -0.1) is 0 Å². The lowest BCUT2D eigenvalue weighted by Gasteiger charge is -2.34. The van der Waals surface area contributed by atoms with Gasteiger partial charge in [0.1, 0.15) is 11.6 Å². The summed E-state index contributed by atoms with van der Waals surface area (Å²) in [5, 5.41) is 5.90. The van der Waals surface area contributed by atoms with Crippen LogP contribution in [-0.2, 0) is 13.1 Å². The fraction of sp³-hybridized carbons (Fsp3) is 0.440. The standard InChI is InChI=1S/C25H32Cl2N6/c1-31(2)12-6-11-28-25-20-8-3-4-10-22(20)29-23(30-25)18-33-15-13-32(14-16-33)17-19-7-5-9-21(26)24(19)27/h3-5,7-10H,6,11-18H2,1-2H3,(H,28,29,30). The molecule has 8 heteroatoms. The summed E-state index contributed by atoms with van der Waals surface area (Å²) in [5.41, 5.74) is 2.08. The Hall–Kier alpha value is -1.96. The first-order valence-electron chi connectivity index (χ1n) is 11.5. The molecule has 0 saturated carbocycles. The summed E-state index contributed by atoms with van der Waals surface area (Å²) in [7, 11) is 4.20. The minimum atomic E-state index is 0.618. The minimum Gasteiger partial charge on any atom is -0.369 e. The molecule has 1 aliphatic rings. The van der Waals surface area contributed by atoms with Crippen LogP contribution in [0.25, 0.3) is 10.9 Å². The average molecular weight is 487 g/mol. The van der Waals surface area contributed by atoms with Gasteiger partial charge in [0.2, 0.25) is 0 Å². The lowest BCUT2D eigenvalue weighted by Crippen LogP contribution is -2.45. The van der Waals surface area contributed by atoms with Crippen molar-refractivity contribution in [2.24, 2.45) is 0 Å². The Morgan fingerprint density at radius 3 is 2.39 bits per heavy atom. The van der Waals surface area contributed by atoms with Crippen molar-refractivity contribution in [3.63, 3.8) is 0 Å². The topological polar surface area (TPSA) is 47.5 Å². The molecule has 3 aromatic rings. The van der Waals surface area contributed by atoms with Crippen molar-refractivity contribution in [3.05, 3.63) is 63.9 Å². The first kappa shape index (κ1) is 24.2. The van der Waals surface area contributed by atoms with Gasteiger partial charge in [-0.2, -0.15) is 0 Å². The molecule has 1 fully saturated rings. The number of anilines is 1. The second-order valence-electron chi connectivity index (χ2n) is 8.85. The third kappa shape index (κ3) is 6.55. The molecule has 1 N–H and O–H groups in total. The van der Waals surface area contributed by atoms with Crippen LogP contribution in [0.15, 0.2) is 42.5 Å². The third-order valence-corrected chi connectivity index (χ3v) is 6.84. The molecule has 0 atom stereocenters. The van der Waals surface area contributed by atoms with Crippen LogP contribution in [0, 0.1) is 0 Å². The Kier molecular flexibility index (Phi) is 8.39. The SMILES string of the molecule is CN(C)CCCNc1nc(CN2CCN(Cc3cccc(Cl)c3Cl)CC2)nc2ccccc12. The number of rotatable bonds is 9. The number of fused-ring (bicyclic) bond motifs is 1. The molecule has 176 valence electrons. The molecule has 0 radical (unpaired) electrons. The molecule has 0 spiro atoms. The van der Waals surface area contributed by atoms with E-state index in [1.165, 1.54) is 0 Å². The number of para-hydroxylation sites is 1. The Morgan fingerprint density at radius 1 is 0.909 bits per heavy atom. The van der Waals surface area contributed by atoms with E-state index in [0.29, 0.717) is 10.0 Å². The average Bonchev–Trinajstić information content (AvgIpc) is 2.81. The maximum Gasteiger partial charge on any atom is 0.145 e. The molecule has 1 aliphatic heterocycles. The molecule has 1 aromatic heterocycles. The molecule has 0 unspecified atom stereocenters. The molecule has 0 aliphatic carbocycles. The molecule has 0 bridgehead atoms.